The van der Waals surface area contributed by atoms with Gasteiger partial charge in [0, 0.05) is 33.0 Å². The Morgan fingerprint density at radius 2 is 0.909 bits per heavy atom. The topological polar surface area (TPSA) is 51.8 Å². The molecule has 44 heavy (non-hydrogen) atoms. The fourth-order valence-corrected chi connectivity index (χ4v) is 6.78. The molecule has 5 aromatic carbocycles. The summed E-state index contributed by atoms with van der Waals surface area (Å²) in [6.07, 6.45) is 0. The number of aromatic nitrogens is 3. The Morgan fingerprint density at radius 1 is 0.455 bits per heavy atom. The van der Waals surface area contributed by atoms with Crippen LogP contribution in [-0.2, 0) is 0 Å². The standard InChI is InChI=1S/C33H26B6BrN3O/c34-22-19(29-20(23(35)25(22)37)21-24(36)26(38)27(39)28(40)30(21)44-29)17-12-7-13-18(14-17)33-42-31(15-8-3-1-4-9-15)41-32(43-33)16-10-5-2-6-11-16/h1-14H,34-39H2. The van der Waals surface area contributed by atoms with Crippen LogP contribution in [0.1, 0.15) is 0 Å². The highest BCUT2D eigenvalue weighted by Crippen LogP contribution is 2.36. The third kappa shape index (κ3) is 4.57. The Labute approximate surface area is 270 Å². The smallest absolute Gasteiger partial charge is 0.164 e. The number of halogens is 1. The van der Waals surface area contributed by atoms with E-state index in [1.165, 1.54) is 43.5 Å². The molecule has 0 saturated heterocycles. The van der Waals surface area contributed by atoms with Gasteiger partial charge in [0.15, 0.2) is 17.5 Å². The molecule has 4 nitrogen and oxygen atoms in total. The fourth-order valence-electron chi connectivity index (χ4n) is 6.21. The largest absolute Gasteiger partial charge is 0.454 e. The highest BCUT2D eigenvalue weighted by atomic mass is 79.9. The normalized spacial score (nSPS) is 11.4. The lowest BCUT2D eigenvalue weighted by atomic mass is 9.66. The molecule has 0 unspecified atom stereocenters. The number of hydrogen-bond acceptors (Lipinski definition) is 4. The Balaban J connectivity index is 1.48. The molecule has 7 rings (SSSR count). The number of furan rings is 1. The van der Waals surface area contributed by atoms with Gasteiger partial charge in [-0.25, -0.2) is 15.0 Å². The van der Waals surface area contributed by atoms with Gasteiger partial charge in [-0.3, -0.25) is 0 Å². The second-order valence-corrected chi connectivity index (χ2v) is 12.4. The third-order valence-electron chi connectivity index (χ3n) is 9.15. The minimum absolute atomic E-state index is 0.631. The third-order valence-corrected chi connectivity index (χ3v) is 10.1. The van der Waals surface area contributed by atoms with Crippen LogP contribution in [0, 0.1) is 0 Å². The van der Waals surface area contributed by atoms with Crippen molar-refractivity contribution in [3.8, 4) is 45.3 Å². The Kier molecular flexibility index (Phi) is 7.17. The van der Waals surface area contributed by atoms with Crippen LogP contribution in [0.5, 0.6) is 0 Å². The number of fused-ring (bicyclic) bond motifs is 3. The molecule has 0 bridgehead atoms. The summed E-state index contributed by atoms with van der Waals surface area (Å²) in [6, 6.07) is 28.6. The van der Waals surface area contributed by atoms with Gasteiger partial charge in [0.2, 0.25) is 0 Å². The molecular weight excluding hydrogens is 599 g/mol. The highest BCUT2D eigenvalue weighted by Gasteiger charge is 2.23. The van der Waals surface area contributed by atoms with E-state index in [4.69, 9.17) is 19.4 Å². The van der Waals surface area contributed by atoms with Gasteiger partial charge in [-0.05, 0) is 27.6 Å². The molecule has 0 N–H and O–H groups in total. The predicted molar refractivity (Wildman–Crippen MR) is 206 cm³/mol. The minimum atomic E-state index is 0.631. The molecule has 0 amide bonds. The van der Waals surface area contributed by atoms with Crippen molar-refractivity contribution in [3.63, 3.8) is 0 Å². The van der Waals surface area contributed by atoms with E-state index in [2.05, 4.69) is 87.3 Å². The van der Waals surface area contributed by atoms with Crippen molar-refractivity contribution >= 4 is 118 Å². The summed E-state index contributed by atoms with van der Waals surface area (Å²) in [5.74, 6) is 1.92. The molecule has 204 valence electrons. The number of nitrogens with zero attached hydrogens (tertiary/aromatic N) is 3. The van der Waals surface area contributed by atoms with E-state index in [-0.39, 0.29) is 0 Å². The number of rotatable bonds is 4. The van der Waals surface area contributed by atoms with Gasteiger partial charge in [-0.1, -0.05) is 112 Å². The molecule has 0 atom stereocenters. The molecule has 0 aliphatic rings. The molecule has 0 aliphatic heterocycles. The first kappa shape index (κ1) is 28.5. The van der Waals surface area contributed by atoms with Crippen LogP contribution >= 0.6 is 15.9 Å². The first-order valence-electron chi connectivity index (χ1n) is 14.8. The van der Waals surface area contributed by atoms with Crippen molar-refractivity contribution in [1.82, 2.24) is 15.0 Å². The first-order chi connectivity index (χ1) is 21.2. The summed E-state index contributed by atoms with van der Waals surface area (Å²) in [4.78, 5) is 14.8. The van der Waals surface area contributed by atoms with Crippen molar-refractivity contribution in [2.45, 2.75) is 0 Å². The van der Waals surface area contributed by atoms with Crippen LogP contribution in [0.3, 0.4) is 0 Å². The highest BCUT2D eigenvalue weighted by molar-refractivity contribution is 9.10. The van der Waals surface area contributed by atoms with E-state index < -0.39 is 0 Å². The maximum atomic E-state index is 6.81. The Hall–Kier alpha value is -4.22. The summed E-state index contributed by atoms with van der Waals surface area (Å²) < 4.78 is 7.84. The molecule has 2 heterocycles. The quantitative estimate of drug-likeness (QED) is 0.230. The summed E-state index contributed by atoms with van der Waals surface area (Å²) in [6.45, 7) is 0. The minimum Gasteiger partial charge on any atom is -0.454 e. The van der Waals surface area contributed by atoms with Crippen LogP contribution in [0.15, 0.2) is 93.8 Å². The Bertz CT molecular complexity index is 2200. The zero-order valence-electron chi connectivity index (χ0n) is 25.7. The molecule has 0 spiro atoms. The number of hydrogen-bond donors (Lipinski definition) is 0. The predicted octanol–water partition coefficient (Wildman–Crippen LogP) is -1.25. The van der Waals surface area contributed by atoms with E-state index >= 15 is 0 Å². The maximum absolute atomic E-state index is 6.81. The van der Waals surface area contributed by atoms with Crippen molar-refractivity contribution in [3.05, 3.63) is 89.4 Å². The summed E-state index contributed by atoms with van der Waals surface area (Å²) in [5.41, 5.74) is 14.3. The van der Waals surface area contributed by atoms with E-state index in [1.807, 2.05) is 60.7 Å². The average Bonchev–Trinajstić information content (AvgIpc) is 3.47. The second kappa shape index (κ2) is 11.0. The van der Waals surface area contributed by atoms with E-state index in [9.17, 15) is 0 Å². The zero-order chi connectivity index (χ0) is 30.7. The van der Waals surface area contributed by atoms with E-state index in [1.54, 1.807) is 0 Å². The monoisotopic (exact) mass is 625 g/mol. The maximum Gasteiger partial charge on any atom is 0.164 e. The van der Waals surface area contributed by atoms with Gasteiger partial charge in [-0.2, -0.15) is 0 Å². The SMILES string of the molecule is Bc1c(B)c(B)c2c(oc3c(-c4cccc(-c5nc(-c6ccccc6)nc(-c6ccccc6)n5)c4)c(B)c(B)c(B)c32)c1Br. The molecular formula is C33H26B6BrN3O. The van der Waals surface area contributed by atoms with E-state index in [0.29, 0.717) is 17.5 Å². The van der Waals surface area contributed by atoms with E-state index in [0.717, 1.165) is 43.5 Å². The average molecular weight is 625 g/mol. The molecule has 7 aromatic rings. The molecule has 0 saturated carbocycles. The van der Waals surface area contributed by atoms with Crippen molar-refractivity contribution in [1.29, 1.82) is 0 Å². The van der Waals surface area contributed by atoms with Crippen molar-refractivity contribution < 1.29 is 4.42 Å². The van der Waals surface area contributed by atoms with Crippen LogP contribution in [-0.4, -0.2) is 62.0 Å². The lowest BCUT2D eigenvalue weighted by molar-refractivity contribution is 0.669. The summed E-state index contributed by atoms with van der Waals surface area (Å²) in [7, 11) is 13.2. The van der Waals surface area contributed by atoms with Crippen LogP contribution in [0.2, 0.25) is 0 Å². The molecule has 11 heteroatoms. The van der Waals surface area contributed by atoms with Gasteiger partial charge in [0.1, 0.15) is 58.2 Å². The van der Waals surface area contributed by atoms with Crippen molar-refractivity contribution in [2.75, 3.05) is 0 Å². The van der Waals surface area contributed by atoms with Crippen LogP contribution < -0.4 is 32.8 Å². The van der Waals surface area contributed by atoms with Gasteiger partial charge in [-0.15, -0.1) is 0 Å². The lowest BCUT2D eigenvalue weighted by Gasteiger charge is -2.16. The van der Waals surface area contributed by atoms with Gasteiger partial charge in [0.05, 0.1) is 4.47 Å². The lowest BCUT2D eigenvalue weighted by Crippen LogP contribution is -2.42. The molecule has 0 aliphatic carbocycles. The van der Waals surface area contributed by atoms with Gasteiger partial charge >= 0.3 is 0 Å². The molecule has 0 radical (unpaired) electrons. The first-order valence-corrected chi connectivity index (χ1v) is 15.6. The van der Waals surface area contributed by atoms with Gasteiger partial charge < -0.3 is 4.42 Å². The summed E-state index contributed by atoms with van der Waals surface area (Å²) in [5, 5.41) is 2.37. The summed E-state index contributed by atoms with van der Waals surface area (Å²) >= 11 is 3.86. The van der Waals surface area contributed by atoms with Crippen LogP contribution in [0.25, 0.3) is 67.2 Å². The molecule has 0 fully saturated rings. The zero-order valence-corrected chi connectivity index (χ0v) is 27.3. The van der Waals surface area contributed by atoms with Crippen molar-refractivity contribution in [2.24, 2.45) is 0 Å². The Morgan fingerprint density at radius 3 is 1.48 bits per heavy atom. The number of benzene rings is 5. The fraction of sp³-hybridized carbons (Fsp3) is 0. The molecule has 2 aromatic heterocycles. The van der Waals surface area contributed by atoms with Crippen LogP contribution in [0.4, 0.5) is 0 Å². The van der Waals surface area contributed by atoms with Gasteiger partial charge in [0.25, 0.3) is 0 Å². The second-order valence-electron chi connectivity index (χ2n) is 11.6.